The number of carbonyl (C=O) groups is 1. The van der Waals surface area contributed by atoms with Gasteiger partial charge in [0.25, 0.3) is 0 Å². The number of carbonyl (C=O) groups excluding carboxylic acids is 1. The highest BCUT2D eigenvalue weighted by Gasteiger charge is 2.28. The quantitative estimate of drug-likeness (QED) is 0.731. The summed E-state index contributed by atoms with van der Waals surface area (Å²) >= 11 is 0. The normalized spacial score (nSPS) is 23.0. The molecule has 1 amide bonds. The zero-order valence-electron chi connectivity index (χ0n) is 13.8. The fourth-order valence-electron chi connectivity index (χ4n) is 3.62. The Labute approximate surface area is 138 Å². The zero-order valence-corrected chi connectivity index (χ0v) is 13.8. The number of nitrogens with zero attached hydrogens (tertiary/aromatic N) is 1. The van der Waals surface area contributed by atoms with E-state index in [-0.39, 0.29) is 5.91 Å². The van der Waals surface area contributed by atoms with E-state index in [4.69, 9.17) is 0 Å². The van der Waals surface area contributed by atoms with Crippen molar-refractivity contribution in [3.8, 4) is 0 Å². The van der Waals surface area contributed by atoms with E-state index >= 15 is 0 Å². The van der Waals surface area contributed by atoms with Gasteiger partial charge in [-0.1, -0.05) is 30.3 Å². The molecule has 5 heteroatoms. The fraction of sp³-hybridized carbons (Fsp3) is 0.611. The molecule has 2 saturated heterocycles. The van der Waals surface area contributed by atoms with E-state index in [1.807, 2.05) is 18.2 Å². The summed E-state index contributed by atoms with van der Waals surface area (Å²) in [4.78, 5) is 14.4. The van der Waals surface area contributed by atoms with Crippen molar-refractivity contribution in [2.75, 3.05) is 32.7 Å². The van der Waals surface area contributed by atoms with Crippen molar-refractivity contribution in [2.45, 2.75) is 31.7 Å². The van der Waals surface area contributed by atoms with Crippen LogP contribution in [0.3, 0.4) is 0 Å². The lowest BCUT2D eigenvalue weighted by atomic mass is 9.88. The van der Waals surface area contributed by atoms with E-state index in [0.29, 0.717) is 12.6 Å². The fourth-order valence-corrected chi connectivity index (χ4v) is 3.62. The highest BCUT2D eigenvalue weighted by atomic mass is 16.2. The molecule has 0 aromatic heterocycles. The number of amides is 1. The molecule has 1 atom stereocenters. The van der Waals surface area contributed by atoms with Crippen molar-refractivity contribution in [1.29, 1.82) is 0 Å². The van der Waals surface area contributed by atoms with E-state index in [9.17, 15) is 4.79 Å². The molecule has 0 bridgehead atoms. The van der Waals surface area contributed by atoms with Crippen LogP contribution in [0, 0.1) is 5.92 Å². The van der Waals surface area contributed by atoms with Crippen molar-refractivity contribution in [3.05, 3.63) is 35.9 Å². The van der Waals surface area contributed by atoms with Crippen LogP contribution < -0.4 is 16.2 Å². The van der Waals surface area contributed by atoms with Crippen LogP contribution in [0.5, 0.6) is 0 Å². The average molecular weight is 316 g/mol. The lowest BCUT2D eigenvalue weighted by Gasteiger charge is -2.34. The first kappa shape index (κ1) is 16.4. The van der Waals surface area contributed by atoms with Crippen molar-refractivity contribution >= 4 is 5.91 Å². The second-order valence-electron chi connectivity index (χ2n) is 6.67. The molecule has 2 aliphatic rings. The van der Waals surface area contributed by atoms with Crippen LogP contribution in [0.4, 0.5) is 0 Å². The lowest BCUT2D eigenvalue weighted by molar-refractivity contribution is -0.122. The first-order chi connectivity index (χ1) is 11.3. The SMILES string of the molecule is O=C(CN1CCC(C2CCNN2)CC1)NCCc1ccccc1. The van der Waals surface area contributed by atoms with Crippen molar-refractivity contribution in [1.82, 2.24) is 21.1 Å². The maximum Gasteiger partial charge on any atom is 0.234 e. The van der Waals surface area contributed by atoms with Crippen LogP contribution in [0.15, 0.2) is 30.3 Å². The van der Waals surface area contributed by atoms with E-state index in [0.717, 1.165) is 38.5 Å². The van der Waals surface area contributed by atoms with Crippen molar-refractivity contribution in [3.63, 3.8) is 0 Å². The molecule has 2 heterocycles. The summed E-state index contributed by atoms with van der Waals surface area (Å²) in [7, 11) is 0. The second-order valence-corrected chi connectivity index (χ2v) is 6.67. The molecule has 0 aliphatic carbocycles. The third-order valence-electron chi connectivity index (χ3n) is 5.01. The second kappa shape index (κ2) is 8.43. The largest absolute Gasteiger partial charge is 0.355 e. The summed E-state index contributed by atoms with van der Waals surface area (Å²) in [5.41, 5.74) is 7.87. The Morgan fingerprint density at radius 2 is 1.96 bits per heavy atom. The molecule has 3 rings (SSSR count). The summed E-state index contributed by atoms with van der Waals surface area (Å²) in [6, 6.07) is 10.9. The number of likely N-dealkylation sites (tertiary alicyclic amines) is 1. The third kappa shape index (κ3) is 5.03. The summed E-state index contributed by atoms with van der Waals surface area (Å²) in [6.07, 6.45) is 4.51. The molecule has 1 aromatic carbocycles. The standard InChI is InChI=1S/C18H28N4O/c23-18(19-10-6-15-4-2-1-3-5-15)14-22-12-8-16(9-13-22)17-7-11-20-21-17/h1-5,16-17,20-21H,6-14H2,(H,19,23). The van der Waals surface area contributed by atoms with Gasteiger partial charge in [-0.2, -0.15) is 0 Å². The minimum absolute atomic E-state index is 0.153. The van der Waals surface area contributed by atoms with Crippen LogP contribution in [0.2, 0.25) is 0 Å². The van der Waals surface area contributed by atoms with Crippen molar-refractivity contribution in [2.24, 2.45) is 5.92 Å². The molecule has 3 N–H and O–H groups in total. The monoisotopic (exact) mass is 316 g/mol. The molecule has 0 spiro atoms. The number of benzene rings is 1. The van der Waals surface area contributed by atoms with Gasteiger partial charge in [-0.05, 0) is 50.3 Å². The third-order valence-corrected chi connectivity index (χ3v) is 5.01. The molecule has 1 aromatic rings. The van der Waals surface area contributed by atoms with Gasteiger partial charge in [-0.3, -0.25) is 20.5 Å². The molecular formula is C18H28N4O. The number of rotatable bonds is 6. The van der Waals surface area contributed by atoms with Crippen LogP contribution in [0.25, 0.3) is 0 Å². The Bertz CT molecular complexity index is 479. The predicted molar refractivity (Wildman–Crippen MR) is 91.9 cm³/mol. The highest BCUT2D eigenvalue weighted by molar-refractivity contribution is 5.78. The molecule has 23 heavy (non-hydrogen) atoms. The molecule has 2 fully saturated rings. The smallest absolute Gasteiger partial charge is 0.234 e. The maximum absolute atomic E-state index is 12.1. The van der Waals surface area contributed by atoms with Gasteiger partial charge in [0.2, 0.25) is 5.91 Å². The predicted octanol–water partition coefficient (Wildman–Crippen LogP) is 0.924. The molecule has 1 unspecified atom stereocenters. The molecule has 0 radical (unpaired) electrons. The van der Waals surface area contributed by atoms with E-state index in [1.165, 1.54) is 24.8 Å². The van der Waals surface area contributed by atoms with Gasteiger partial charge in [0.05, 0.1) is 6.54 Å². The topological polar surface area (TPSA) is 56.4 Å². The van der Waals surface area contributed by atoms with Gasteiger partial charge in [-0.15, -0.1) is 0 Å². The van der Waals surface area contributed by atoms with Crippen molar-refractivity contribution < 1.29 is 4.79 Å². The Hall–Kier alpha value is -1.43. The minimum atomic E-state index is 0.153. The Kier molecular flexibility index (Phi) is 6.02. The van der Waals surface area contributed by atoms with Gasteiger partial charge in [0.1, 0.15) is 0 Å². The number of hydrogen-bond acceptors (Lipinski definition) is 4. The molecular weight excluding hydrogens is 288 g/mol. The Balaban J connectivity index is 1.31. The van der Waals surface area contributed by atoms with Gasteiger partial charge in [-0.25, -0.2) is 0 Å². The van der Waals surface area contributed by atoms with Crippen LogP contribution in [-0.4, -0.2) is 49.6 Å². The highest BCUT2D eigenvalue weighted by Crippen LogP contribution is 2.23. The van der Waals surface area contributed by atoms with Crippen LogP contribution >= 0.6 is 0 Å². The van der Waals surface area contributed by atoms with Gasteiger partial charge in [0.15, 0.2) is 0 Å². The molecule has 2 aliphatic heterocycles. The summed E-state index contributed by atoms with van der Waals surface area (Å²) in [5.74, 6) is 0.905. The van der Waals surface area contributed by atoms with E-state index in [2.05, 4.69) is 33.2 Å². The van der Waals surface area contributed by atoms with Crippen LogP contribution in [-0.2, 0) is 11.2 Å². The number of piperidine rings is 1. The van der Waals surface area contributed by atoms with Gasteiger partial charge < -0.3 is 5.32 Å². The summed E-state index contributed by atoms with van der Waals surface area (Å²) in [5, 5.41) is 3.04. The molecule has 0 saturated carbocycles. The minimum Gasteiger partial charge on any atom is -0.355 e. The van der Waals surface area contributed by atoms with E-state index < -0.39 is 0 Å². The maximum atomic E-state index is 12.1. The molecule has 5 nitrogen and oxygen atoms in total. The Morgan fingerprint density at radius 3 is 2.65 bits per heavy atom. The number of nitrogens with one attached hydrogen (secondary N) is 3. The van der Waals surface area contributed by atoms with Gasteiger partial charge >= 0.3 is 0 Å². The van der Waals surface area contributed by atoms with E-state index in [1.54, 1.807) is 0 Å². The summed E-state index contributed by atoms with van der Waals surface area (Å²) in [6.45, 7) is 4.41. The Morgan fingerprint density at radius 1 is 1.17 bits per heavy atom. The zero-order chi connectivity index (χ0) is 15.9. The summed E-state index contributed by atoms with van der Waals surface area (Å²) < 4.78 is 0. The molecule has 126 valence electrons. The first-order valence-electron chi connectivity index (χ1n) is 8.82. The number of hydrazine groups is 1. The number of hydrogen-bond donors (Lipinski definition) is 3. The average Bonchev–Trinajstić information content (AvgIpc) is 3.11. The lowest BCUT2D eigenvalue weighted by Crippen LogP contribution is -2.45. The van der Waals surface area contributed by atoms with Crippen LogP contribution in [0.1, 0.15) is 24.8 Å². The first-order valence-corrected chi connectivity index (χ1v) is 8.82. The van der Waals surface area contributed by atoms with Gasteiger partial charge in [0, 0.05) is 19.1 Å².